The van der Waals surface area contributed by atoms with E-state index in [0.29, 0.717) is 40.7 Å². The van der Waals surface area contributed by atoms with E-state index >= 15 is 0 Å². The Bertz CT molecular complexity index is 1320. The minimum absolute atomic E-state index is 0.0133. The van der Waals surface area contributed by atoms with Gasteiger partial charge in [0.25, 0.3) is 0 Å². The zero-order valence-corrected chi connectivity index (χ0v) is 20.6. The second-order valence-corrected chi connectivity index (χ2v) is 9.05. The first kappa shape index (κ1) is 23.1. The summed E-state index contributed by atoms with van der Waals surface area (Å²) >= 11 is 6.52. The van der Waals surface area contributed by atoms with Crippen molar-refractivity contribution in [3.8, 4) is 17.2 Å². The number of Topliss-reactive ketones (excluding diaryl/α,β-unsaturated/α-hetero) is 1. The van der Waals surface area contributed by atoms with Gasteiger partial charge in [0.15, 0.2) is 17.3 Å². The number of hydrogen-bond acceptors (Lipinski definition) is 6. The van der Waals surface area contributed by atoms with Crippen LogP contribution < -0.4 is 24.8 Å². The van der Waals surface area contributed by atoms with Crippen molar-refractivity contribution in [2.75, 3.05) is 32.0 Å². The first-order valence-electron chi connectivity index (χ1n) is 11.5. The average Bonchev–Trinajstić information content (AvgIpc) is 3.05. The Morgan fingerprint density at radius 3 is 2.17 bits per heavy atom. The molecule has 0 saturated heterocycles. The molecule has 0 bridgehead atoms. The second kappa shape index (κ2) is 9.55. The minimum atomic E-state index is -0.449. The van der Waals surface area contributed by atoms with Crippen LogP contribution in [0.4, 0.5) is 11.4 Å². The number of fused-ring (bicyclic) bond motifs is 1. The Balaban J connectivity index is 1.67. The summed E-state index contributed by atoms with van der Waals surface area (Å²) in [6.45, 7) is 0. The molecular weight excluding hydrogens is 464 g/mol. The van der Waals surface area contributed by atoms with Crippen molar-refractivity contribution >= 4 is 28.8 Å². The molecule has 0 spiro atoms. The number of nitrogens with one attached hydrogen (secondary N) is 2. The zero-order valence-electron chi connectivity index (χ0n) is 19.9. The standard InChI is InChI=1S/C28H27ClN2O4/c1-33-24-15-26(35-3)25(34-2)14-18(24)28-27-22(30-20-10-6-7-11-21(20)31-28)12-16(13-23(27)32)17-8-4-5-9-19(17)29/h4-11,14-16,28,30-31H,12-13H2,1-3H3/t16-,28-/m0/s1. The zero-order chi connectivity index (χ0) is 24.5. The lowest BCUT2D eigenvalue weighted by molar-refractivity contribution is -0.116. The fourth-order valence-electron chi connectivity index (χ4n) is 5.03. The van der Waals surface area contributed by atoms with E-state index in [-0.39, 0.29) is 11.7 Å². The van der Waals surface area contributed by atoms with Gasteiger partial charge in [-0.2, -0.15) is 0 Å². The van der Waals surface area contributed by atoms with Crippen molar-refractivity contribution in [3.05, 3.63) is 88.1 Å². The third-order valence-corrected chi connectivity index (χ3v) is 7.05. The number of allylic oxidation sites excluding steroid dienone is 1. The van der Waals surface area contributed by atoms with Crippen LogP contribution in [0.5, 0.6) is 17.2 Å². The predicted octanol–water partition coefficient (Wildman–Crippen LogP) is 6.35. The van der Waals surface area contributed by atoms with Gasteiger partial charge in [0.2, 0.25) is 0 Å². The first-order valence-corrected chi connectivity index (χ1v) is 11.8. The Hall–Kier alpha value is -3.64. The molecular formula is C28H27ClN2O4. The van der Waals surface area contributed by atoms with Gasteiger partial charge in [0.1, 0.15) is 5.75 Å². The molecule has 3 aromatic rings. The van der Waals surface area contributed by atoms with Crippen LogP contribution in [0.3, 0.4) is 0 Å². The van der Waals surface area contributed by atoms with Crippen LogP contribution in [-0.4, -0.2) is 27.1 Å². The van der Waals surface area contributed by atoms with Crippen molar-refractivity contribution in [2.24, 2.45) is 0 Å². The molecule has 0 amide bonds. The van der Waals surface area contributed by atoms with Crippen molar-refractivity contribution in [1.82, 2.24) is 0 Å². The molecule has 5 rings (SSSR count). The van der Waals surface area contributed by atoms with Gasteiger partial charge in [0.05, 0.1) is 38.7 Å². The summed E-state index contributed by atoms with van der Waals surface area (Å²) in [4.78, 5) is 13.8. The average molecular weight is 491 g/mol. The third-order valence-electron chi connectivity index (χ3n) is 6.70. The Labute approximate surface area is 209 Å². The van der Waals surface area contributed by atoms with Crippen LogP contribution in [0.2, 0.25) is 5.02 Å². The second-order valence-electron chi connectivity index (χ2n) is 8.64. The highest BCUT2D eigenvalue weighted by Crippen LogP contribution is 2.48. The van der Waals surface area contributed by atoms with Gasteiger partial charge < -0.3 is 24.8 Å². The lowest BCUT2D eigenvalue weighted by atomic mass is 9.78. The number of ether oxygens (including phenoxy) is 3. The number of carbonyl (C=O) groups is 1. The molecule has 0 fully saturated rings. The molecule has 1 aliphatic heterocycles. The van der Waals surface area contributed by atoms with Gasteiger partial charge >= 0.3 is 0 Å². The van der Waals surface area contributed by atoms with Gasteiger partial charge in [-0.05, 0) is 42.2 Å². The normalized spacial score (nSPS) is 19.0. The quantitative estimate of drug-likeness (QED) is 0.434. The summed E-state index contributed by atoms with van der Waals surface area (Å²) in [5.41, 5.74) is 5.16. The van der Waals surface area contributed by atoms with Gasteiger partial charge in [-0.25, -0.2) is 0 Å². The van der Waals surface area contributed by atoms with Crippen molar-refractivity contribution in [3.63, 3.8) is 0 Å². The van der Waals surface area contributed by atoms with Gasteiger partial charge in [-0.15, -0.1) is 0 Å². The van der Waals surface area contributed by atoms with E-state index in [9.17, 15) is 4.79 Å². The van der Waals surface area contributed by atoms with E-state index in [1.807, 2.05) is 54.6 Å². The molecule has 3 aromatic carbocycles. The molecule has 0 radical (unpaired) electrons. The van der Waals surface area contributed by atoms with Crippen molar-refractivity contribution in [1.29, 1.82) is 0 Å². The summed E-state index contributed by atoms with van der Waals surface area (Å²) in [6.07, 6.45) is 1.03. The molecule has 2 N–H and O–H groups in total. The number of rotatable bonds is 5. The number of benzene rings is 3. The van der Waals surface area contributed by atoms with E-state index in [0.717, 1.165) is 28.2 Å². The SMILES string of the molecule is COc1cc(OC)c([C@@H]2Nc3ccccc3NC3=C2C(=O)C[C@@H](c2ccccc2Cl)C3)cc1OC. The molecule has 180 valence electrons. The maximum absolute atomic E-state index is 13.8. The molecule has 35 heavy (non-hydrogen) atoms. The summed E-state index contributed by atoms with van der Waals surface area (Å²) in [5, 5.41) is 7.83. The highest BCUT2D eigenvalue weighted by Gasteiger charge is 2.38. The number of ketones is 1. The highest BCUT2D eigenvalue weighted by molar-refractivity contribution is 6.31. The number of methoxy groups -OCH3 is 3. The minimum Gasteiger partial charge on any atom is -0.496 e. The largest absolute Gasteiger partial charge is 0.496 e. The number of anilines is 2. The van der Waals surface area contributed by atoms with Crippen molar-refractivity contribution < 1.29 is 19.0 Å². The fourth-order valence-corrected chi connectivity index (χ4v) is 5.32. The smallest absolute Gasteiger partial charge is 0.164 e. The molecule has 6 nitrogen and oxygen atoms in total. The van der Waals surface area contributed by atoms with Crippen LogP contribution in [0, 0.1) is 0 Å². The molecule has 0 saturated carbocycles. The summed E-state index contributed by atoms with van der Waals surface area (Å²) in [5.74, 6) is 1.78. The van der Waals surface area contributed by atoms with E-state index in [4.69, 9.17) is 25.8 Å². The van der Waals surface area contributed by atoms with Crippen LogP contribution in [0.25, 0.3) is 0 Å². The summed E-state index contributed by atoms with van der Waals surface area (Å²) in [7, 11) is 4.79. The van der Waals surface area contributed by atoms with Gasteiger partial charge in [-0.3, -0.25) is 4.79 Å². The molecule has 0 unspecified atom stereocenters. The fraction of sp³-hybridized carbons (Fsp3) is 0.250. The predicted molar refractivity (Wildman–Crippen MR) is 138 cm³/mol. The van der Waals surface area contributed by atoms with Crippen LogP contribution >= 0.6 is 11.6 Å². The number of para-hydroxylation sites is 2. The van der Waals surface area contributed by atoms with Crippen LogP contribution in [0.15, 0.2) is 71.9 Å². The Kier molecular flexibility index (Phi) is 6.31. The lowest BCUT2D eigenvalue weighted by Crippen LogP contribution is -2.27. The number of hydrogen-bond donors (Lipinski definition) is 2. The van der Waals surface area contributed by atoms with Crippen LogP contribution in [-0.2, 0) is 4.79 Å². The number of halogens is 1. The van der Waals surface area contributed by atoms with Crippen LogP contribution in [0.1, 0.15) is 35.9 Å². The van der Waals surface area contributed by atoms with E-state index in [1.165, 1.54) is 0 Å². The molecule has 7 heteroatoms. The van der Waals surface area contributed by atoms with Gasteiger partial charge in [-0.1, -0.05) is 41.9 Å². The van der Waals surface area contributed by atoms with E-state index in [1.54, 1.807) is 27.4 Å². The third kappa shape index (κ3) is 4.19. The summed E-state index contributed by atoms with van der Waals surface area (Å²) < 4.78 is 16.8. The summed E-state index contributed by atoms with van der Waals surface area (Å²) in [6, 6.07) is 18.9. The van der Waals surface area contributed by atoms with Gasteiger partial charge in [0, 0.05) is 34.3 Å². The topological polar surface area (TPSA) is 68.8 Å². The molecule has 1 aliphatic carbocycles. The monoisotopic (exact) mass is 490 g/mol. The first-order chi connectivity index (χ1) is 17.0. The van der Waals surface area contributed by atoms with E-state index in [2.05, 4.69) is 10.6 Å². The Morgan fingerprint density at radius 1 is 0.800 bits per heavy atom. The molecule has 2 aliphatic rings. The molecule has 0 aromatic heterocycles. The van der Waals surface area contributed by atoms with Crippen molar-refractivity contribution in [2.45, 2.75) is 24.8 Å². The highest BCUT2D eigenvalue weighted by atomic mass is 35.5. The maximum Gasteiger partial charge on any atom is 0.164 e. The molecule has 1 heterocycles. The van der Waals surface area contributed by atoms with E-state index < -0.39 is 6.04 Å². The molecule has 2 atom stereocenters. The lowest BCUT2D eigenvalue weighted by Gasteiger charge is -2.31. The Morgan fingerprint density at radius 2 is 1.46 bits per heavy atom. The maximum atomic E-state index is 13.8. The number of carbonyl (C=O) groups excluding carboxylic acids is 1.